The van der Waals surface area contributed by atoms with Gasteiger partial charge < -0.3 is 10.2 Å². The first-order chi connectivity index (χ1) is 11.2. The minimum absolute atomic E-state index is 0.0571. The number of rotatable bonds is 1. The van der Waals surface area contributed by atoms with Crippen molar-refractivity contribution in [3.05, 3.63) is 29.8 Å². The van der Waals surface area contributed by atoms with Crippen molar-refractivity contribution < 1.29 is 9.59 Å². The quantitative estimate of drug-likeness (QED) is 0.860. The number of nitrogens with zero attached hydrogens (tertiary/aromatic N) is 2. The summed E-state index contributed by atoms with van der Waals surface area (Å²) >= 11 is 0. The molecule has 0 aromatic heterocycles. The van der Waals surface area contributed by atoms with E-state index in [0.29, 0.717) is 6.04 Å². The van der Waals surface area contributed by atoms with Crippen molar-refractivity contribution in [2.45, 2.75) is 37.6 Å². The monoisotopic (exact) mass is 313 g/mol. The Hall–Kier alpha value is -1.88. The lowest BCUT2D eigenvalue weighted by Gasteiger charge is -2.45. The number of benzene rings is 1. The Kier molecular flexibility index (Phi) is 3.81. The Morgan fingerprint density at radius 3 is 2.91 bits per heavy atom. The zero-order valence-corrected chi connectivity index (χ0v) is 13.3. The minimum Gasteiger partial charge on any atom is -0.339 e. The van der Waals surface area contributed by atoms with Crippen molar-refractivity contribution in [2.24, 2.45) is 0 Å². The Balaban J connectivity index is 1.54. The van der Waals surface area contributed by atoms with E-state index in [2.05, 4.69) is 10.2 Å². The summed E-state index contributed by atoms with van der Waals surface area (Å²) in [5, 5.41) is 2.88. The molecule has 2 unspecified atom stereocenters. The largest absolute Gasteiger partial charge is 0.339 e. The molecule has 2 fully saturated rings. The van der Waals surface area contributed by atoms with Crippen LogP contribution in [0.25, 0.3) is 0 Å². The van der Waals surface area contributed by atoms with E-state index < -0.39 is 0 Å². The van der Waals surface area contributed by atoms with Crippen LogP contribution < -0.4 is 5.32 Å². The van der Waals surface area contributed by atoms with Crippen molar-refractivity contribution in [1.82, 2.24) is 9.80 Å². The lowest BCUT2D eigenvalue weighted by Crippen LogP contribution is -2.57. The highest BCUT2D eigenvalue weighted by molar-refractivity contribution is 6.01. The molecule has 0 radical (unpaired) electrons. The van der Waals surface area contributed by atoms with Crippen LogP contribution in [0.15, 0.2) is 24.3 Å². The fourth-order valence-electron chi connectivity index (χ4n) is 4.21. The first-order valence-corrected chi connectivity index (χ1v) is 8.64. The second-order valence-corrected chi connectivity index (χ2v) is 6.86. The molecule has 1 aromatic rings. The highest BCUT2D eigenvalue weighted by atomic mass is 16.2. The fourth-order valence-corrected chi connectivity index (χ4v) is 4.21. The third-order valence-corrected chi connectivity index (χ3v) is 5.45. The van der Waals surface area contributed by atoms with Gasteiger partial charge in [0.15, 0.2) is 0 Å². The lowest BCUT2D eigenvalue weighted by molar-refractivity contribution is -0.138. The summed E-state index contributed by atoms with van der Waals surface area (Å²) < 4.78 is 0. The molecule has 2 saturated heterocycles. The maximum atomic E-state index is 13.1. The average molecular weight is 313 g/mol. The van der Waals surface area contributed by atoms with Gasteiger partial charge in [0.05, 0.1) is 5.92 Å². The molecule has 1 aromatic carbocycles. The number of nitrogens with one attached hydrogen (secondary N) is 1. The average Bonchev–Trinajstić information content (AvgIpc) is 2.60. The second-order valence-electron chi connectivity index (χ2n) is 6.86. The zero-order chi connectivity index (χ0) is 15.8. The number of hydrogen-bond acceptors (Lipinski definition) is 3. The molecular weight excluding hydrogens is 290 g/mol. The van der Waals surface area contributed by atoms with Gasteiger partial charge in [0.25, 0.3) is 0 Å². The van der Waals surface area contributed by atoms with Gasteiger partial charge in [0.1, 0.15) is 0 Å². The van der Waals surface area contributed by atoms with E-state index >= 15 is 0 Å². The van der Waals surface area contributed by atoms with Crippen LogP contribution in [0.2, 0.25) is 0 Å². The molecular formula is C18H23N3O2. The molecule has 0 saturated carbocycles. The number of piperazine rings is 1. The molecule has 23 heavy (non-hydrogen) atoms. The summed E-state index contributed by atoms with van der Waals surface area (Å²) in [5.41, 5.74) is 1.75. The van der Waals surface area contributed by atoms with Crippen molar-refractivity contribution >= 4 is 17.5 Å². The van der Waals surface area contributed by atoms with Gasteiger partial charge in [0.2, 0.25) is 11.8 Å². The van der Waals surface area contributed by atoms with E-state index in [1.807, 2.05) is 29.2 Å². The number of amides is 2. The number of para-hydroxylation sites is 1. The van der Waals surface area contributed by atoms with Crippen LogP contribution in [0.1, 0.15) is 37.2 Å². The number of anilines is 1. The Morgan fingerprint density at radius 1 is 1.13 bits per heavy atom. The van der Waals surface area contributed by atoms with Crippen molar-refractivity contribution in [1.29, 1.82) is 0 Å². The SMILES string of the molecule is O=C1CC(C(=O)N2CCN3CCCCC3C2)c2ccccc2N1. The van der Waals surface area contributed by atoms with Crippen LogP contribution in [0.3, 0.4) is 0 Å². The topological polar surface area (TPSA) is 52.7 Å². The van der Waals surface area contributed by atoms with Gasteiger partial charge in [-0.15, -0.1) is 0 Å². The third-order valence-electron chi connectivity index (χ3n) is 5.45. The smallest absolute Gasteiger partial charge is 0.230 e. The zero-order valence-electron chi connectivity index (χ0n) is 13.3. The molecule has 2 atom stereocenters. The molecule has 3 aliphatic heterocycles. The van der Waals surface area contributed by atoms with E-state index in [1.54, 1.807) is 0 Å². The molecule has 3 aliphatic rings. The van der Waals surface area contributed by atoms with E-state index in [-0.39, 0.29) is 24.2 Å². The first kappa shape index (κ1) is 14.7. The first-order valence-electron chi connectivity index (χ1n) is 8.64. The van der Waals surface area contributed by atoms with E-state index in [9.17, 15) is 9.59 Å². The number of carbonyl (C=O) groups excluding carboxylic acids is 2. The van der Waals surface area contributed by atoms with Gasteiger partial charge in [-0.1, -0.05) is 24.6 Å². The standard InChI is InChI=1S/C18H23N3O2/c22-17-11-15(14-6-1-2-7-16(14)19-17)18(23)21-10-9-20-8-4-3-5-13(20)12-21/h1-2,6-7,13,15H,3-5,8-12H2,(H,19,22). The molecule has 5 heteroatoms. The summed E-state index contributed by atoms with van der Waals surface area (Å²) in [6.45, 7) is 3.74. The van der Waals surface area contributed by atoms with Crippen LogP contribution in [-0.2, 0) is 9.59 Å². The highest BCUT2D eigenvalue weighted by Crippen LogP contribution is 2.34. The predicted molar refractivity (Wildman–Crippen MR) is 88.2 cm³/mol. The van der Waals surface area contributed by atoms with Crippen LogP contribution in [0.5, 0.6) is 0 Å². The van der Waals surface area contributed by atoms with Gasteiger partial charge >= 0.3 is 0 Å². The summed E-state index contributed by atoms with van der Waals surface area (Å²) in [6.07, 6.45) is 3.99. The van der Waals surface area contributed by atoms with Gasteiger partial charge in [-0.2, -0.15) is 0 Å². The van der Waals surface area contributed by atoms with E-state index in [1.165, 1.54) is 25.8 Å². The fraction of sp³-hybridized carbons (Fsp3) is 0.556. The van der Waals surface area contributed by atoms with E-state index in [4.69, 9.17) is 0 Å². The molecule has 4 rings (SSSR count). The third kappa shape index (κ3) is 2.74. The molecule has 0 aliphatic carbocycles. The summed E-state index contributed by atoms with van der Waals surface area (Å²) in [4.78, 5) is 29.5. The molecule has 3 heterocycles. The molecule has 1 N–H and O–H groups in total. The molecule has 0 bridgehead atoms. The van der Waals surface area contributed by atoms with Crippen LogP contribution in [-0.4, -0.2) is 53.8 Å². The number of hydrogen-bond donors (Lipinski definition) is 1. The minimum atomic E-state index is -0.324. The van der Waals surface area contributed by atoms with Crippen molar-refractivity contribution in [3.63, 3.8) is 0 Å². The molecule has 122 valence electrons. The summed E-state index contributed by atoms with van der Waals surface area (Å²) in [6, 6.07) is 8.19. The Bertz CT molecular complexity index is 630. The number of carbonyl (C=O) groups is 2. The summed E-state index contributed by atoms with van der Waals surface area (Å²) in [5.74, 6) is -0.258. The van der Waals surface area contributed by atoms with Crippen molar-refractivity contribution in [2.75, 3.05) is 31.5 Å². The summed E-state index contributed by atoms with van der Waals surface area (Å²) in [7, 11) is 0. The van der Waals surface area contributed by atoms with Crippen molar-refractivity contribution in [3.8, 4) is 0 Å². The van der Waals surface area contributed by atoms with Gasteiger partial charge in [-0.25, -0.2) is 0 Å². The lowest BCUT2D eigenvalue weighted by atomic mass is 9.88. The number of piperidine rings is 1. The highest BCUT2D eigenvalue weighted by Gasteiger charge is 2.37. The Morgan fingerprint density at radius 2 is 2.00 bits per heavy atom. The van der Waals surface area contributed by atoms with Gasteiger partial charge in [-0.05, 0) is 31.0 Å². The van der Waals surface area contributed by atoms with Crippen LogP contribution in [0, 0.1) is 0 Å². The predicted octanol–water partition coefficient (Wildman–Crippen LogP) is 1.81. The normalized spacial score (nSPS) is 27.8. The molecule has 2 amide bonds. The number of fused-ring (bicyclic) bond motifs is 2. The van der Waals surface area contributed by atoms with E-state index in [0.717, 1.165) is 30.9 Å². The maximum Gasteiger partial charge on any atom is 0.230 e. The van der Waals surface area contributed by atoms with Crippen LogP contribution >= 0.6 is 0 Å². The molecule has 0 spiro atoms. The maximum absolute atomic E-state index is 13.1. The van der Waals surface area contributed by atoms with Crippen LogP contribution in [0.4, 0.5) is 5.69 Å². The van der Waals surface area contributed by atoms with Gasteiger partial charge in [-0.3, -0.25) is 14.5 Å². The second kappa shape index (κ2) is 5.96. The molecule has 5 nitrogen and oxygen atoms in total. The van der Waals surface area contributed by atoms with Gasteiger partial charge in [0, 0.05) is 37.8 Å². The Labute approximate surface area is 136 Å².